The lowest BCUT2D eigenvalue weighted by molar-refractivity contribution is 0.0946. The second-order valence-electron chi connectivity index (χ2n) is 6.32. The predicted octanol–water partition coefficient (Wildman–Crippen LogP) is 3.73. The van der Waals surface area contributed by atoms with Crippen molar-refractivity contribution in [1.29, 1.82) is 0 Å². The highest BCUT2D eigenvalue weighted by Gasteiger charge is 2.13. The molecule has 140 valence electrons. The third-order valence-corrected chi connectivity index (χ3v) is 4.15. The van der Waals surface area contributed by atoms with Crippen LogP contribution in [0, 0.1) is 12.7 Å². The Morgan fingerprint density at radius 2 is 1.85 bits per heavy atom. The molecule has 1 heterocycles. The van der Waals surface area contributed by atoms with Gasteiger partial charge in [0.25, 0.3) is 5.91 Å². The molecule has 0 aliphatic carbocycles. The topological polar surface area (TPSA) is 56.1 Å². The highest BCUT2D eigenvalue weighted by molar-refractivity contribution is 5.93. The molecular weight excluding hydrogens is 345 g/mol. The van der Waals surface area contributed by atoms with Crippen LogP contribution in [0.2, 0.25) is 0 Å². The Balaban J connectivity index is 1.49. The van der Waals surface area contributed by atoms with E-state index < -0.39 is 0 Å². The van der Waals surface area contributed by atoms with E-state index in [2.05, 4.69) is 10.4 Å². The molecule has 1 N–H and O–H groups in total. The minimum Gasteiger partial charge on any atom is -0.494 e. The van der Waals surface area contributed by atoms with Gasteiger partial charge in [-0.1, -0.05) is 29.8 Å². The summed E-state index contributed by atoms with van der Waals surface area (Å²) in [6.45, 7) is 2.94. The molecule has 1 amide bonds. The second kappa shape index (κ2) is 8.49. The standard InChI is InChI=1S/C21H22FN3O2/c1-15-4-6-16(7-5-15)20-14-19(24-25(20)2)21(26)23-12-3-13-27-18-10-8-17(22)9-11-18/h4-11,14H,3,12-13H2,1-2H3,(H,23,26). The summed E-state index contributed by atoms with van der Waals surface area (Å²) < 4.78 is 20.0. The maximum atomic E-state index is 12.8. The molecule has 0 fully saturated rings. The Labute approximate surface area is 157 Å². The van der Waals surface area contributed by atoms with Gasteiger partial charge in [0.1, 0.15) is 11.6 Å². The van der Waals surface area contributed by atoms with Crippen molar-refractivity contribution in [2.45, 2.75) is 13.3 Å². The maximum absolute atomic E-state index is 12.8. The summed E-state index contributed by atoms with van der Waals surface area (Å²) >= 11 is 0. The van der Waals surface area contributed by atoms with Gasteiger partial charge in [-0.15, -0.1) is 0 Å². The summed E-state index contributed by atoms with van der Waals surface area (Å²) in [5.41, 5.74) is 3.47. The number of rotatable bonds is 7. The monoisotopic (exact) mass is 367 g/mol. The van der Waals surface area contributed by atoms with E-state index in [0.717, 1.165) is 11.3 Å². The minimum absolute atomic E-state index is 0.217. The largest absolute Gasteiger partial charge is 0.494 e. The van der Waals surface area contributed by atoms with Crippen molar-refractivity contribution >= 4 is 5.91 Å². The van der Waals surface area contributed by atoms with Crippen LogP contribution < -0.4 is 10.1 Å². The van der Waals surface area contributed by atoms with Crippen molar-refractivity contribution in [2.24, 2.45) is 7.05 Å². The van der Waals surface area contributed by atoms with Crippen LogP contribution in [0.1, 0.15) is 22.5 Å². The summed E-state index contributed by atoms with van der Waals surface area (Å²) in [5.74, 6) is 0.0934. The number of hydrogen-bond donors (Lipinski definition) is 1. The zero-order chi connectivity index (χ0) is 19.2. The molecule has 0 aliphatic rings. The van der Waals surface area contributed by atoms with Gasteiger partial charge in [-0.3, -0.25) is 9.48 Å². The summed E-state index contributed by atoms with van der Waals surface area (Å²) in [5, 5.41) is 7.14. The zero-order valence-corrected chi connectivity index (χ0v) is 15.4. The highest BCUT2D eigenvalue weighted by Crippen LogP contribution is 2.20. The zero-order valence-electron chi connectivity index (χ0n) is 15.4. The summed E-state index contributed by atoms with van der Waals surface area (Å²) in [6.07, 6.45) is 0.640. The first-order chi connectivity index (χ1) is 13.0. The molecule has 0 radical (unpaired) electrons. The smallest absolute Gasteiger partial charge is 0.271 e. The van der Waals surface area contributed by atoms with Crippen LogP contribution in [0.15, 0.2) is 54.6 Å². The first-order valence-electron chi connectivity index (χ1n) is 8.80. The number of hydrogen-bond acceptors (Lipinski definition) is 3. The molecule has 2 aromatic carbocycles. The number of nitrogens with one attached hydrogen (secondary N) is 1. The molecule has 0 saturated heterocycles. The number of amides is 1. The fourth-order valence-corrected chi connectivity index (χ4v) is 2.66. The van der Waals surface area contributed by atoms with E-state index in [1.165, 1.54) is 17.7 Å². The van der Waals surface area contributed by atoms with E-state index in [-0.39, 0.29) is 11.7 Å². The molecule has 0 saturated carbocycles. The second-order valence-corrected chi connectivity index (χ2v) is 6.32. The number of aryl methyl sites for hydroxylation is 2. The van der Waals surface area contributed by atoms with Gasteiger partial charge in [0.2, 0.25) is 0 Å². The Morgan fingerprint density at radius 1 is 1.15 bits per heavy atom. The fourth-order valence-electron chi connectivity index (χ4n) is 2.66. The lowest BCUT2D eigenvalue weighted by Gasteiger charge is -2.06. The lowest BCUT2D eigenvalue weighted by Crippen LogP contribution is -2.26. The molecule has 3 aromatic rings. The molecule has 3 rings (SSSR count). The number of ether oxygens (including phenoxy) is 1. The Morgan fingerprint density at radius 3 is 2.56 bits per heavy atom. The number of carbonyl (C=O) groups excluding carboxylic acids is 1. The van der Waals surface area contributed by atoms with Crippen LogP contribution >= 0.6 is 0 Å². The number of carbonyl (C=O) groups is 1. The van der Waals surface area contributed by atoms with Gasteiger partial charge in [-0.05, 0) is 49.2 Å². The van der Waals surface area contributed by atoms with E-state index >= 15 is 0 Å². The Hall–Kier alpha value is -3.15. The van der Waals surface area contributed by atoms with E-state index in [9.17, 15) is 9.18 Å². The molecule has 0 bridgehead atoms. The van der Waals surface area contributed by atoms with E-state index in [1.807, 2.05) is 38.2 Å². The van der Waals surface area contributed by atoms with Gasteiger partial charge in [0.05, 0.1) is 12.3 Å². The van der Waals surface area contributed by atoms with Crippen molar-refractivity contribution < 1.29 is 13.9 Å². The summed E-state index contributed by atoms with van der Waals surface area (Å²) in [6, 6.07) is 15.7. The predicted molar refractivity (Wildman–Crippen MR) is 102 cm³/mol. The highest BCUT2D eigenvalue weighted by atomic mass is 19.1. The normalized spacial score (nSPS) is 10.6. The van der Waals surface area contributed by atoms with E-state index in [1.54, 1.807) is 22.9 Å². The van der Waals surface area contributed by atoms with Gasteiger partial charge >= 0.3 is 0 Å². The molecule has 5 nitrogen and oxygen atoms in total. The fraction of sp³-hybridized carbons (Fsp3) is 0.238. The van der Waals surface area contributed by atoms with Crippen molar-refractivity contribution in [2.75, 3.05) is 13.2 Å². The van der Waals surface area contributed by atoms with Crippen LogP contribution in [0.3, 0.4) is 0 Å². The maximum Gasteiger partial charge on any atom is 0.271 e. The minimum atomic E-state index is -0.296. The molecule has 0 spiro atoms. The van der Waals surface area contributed by atoms with Crippen molar-refractivity contribution in [3.05, 3.63) is 71.7 Å². The molecule has 0 atom stereocenters. The van der Waals surface area contributed by atoms with E-state index in [0.29, 0.717) is 31.0 Å². The SMILES string of the molecule is Cc1ccc(-c2cc(C(=O)NCCCOc3ccc(F)cc3)nn2C)cc1. The van der Waals surface area contributed by atoms with Gasteiger partial charge in [0, 0.05) is 13.6 Å². The molecule has 6 heteroatoms. The van der Waals surface area contributed by atoms with Crippen LogP contribution in [-0.4, -0.2) is 28.8 Å². The quantitative estimate of drug-likeness (QED) is 0.648. The molecule has 1 aromatic heterocycles. The Bertz CT molecular complexity index is 902. The van der Waals surface area contributed by atoms with Crippen molar-refractivity contribution in [1.82, 2.24) is 15.1 Å². The lowest BCUT2D eigenvalue weighted by atomic mass is 10.1. The van der Waals surface area contributed by atoms with Crippen LogP contribution in [0.4, 0.5) is 4.39 Å². The van der Waals surface area contributed by atoms with Crippen LogP contribution in [-0.2, 0) is 7.05 Å². The van der Waals surface area contributed by atoms with Gasteiger partial charge in [-0.2, -0.15) is 5.10 Å². The van der Waals surface area contributed by atoms with Crippen LogP contribution in [0.25, 0.3) is 11.3 Å². The first-order valence-corrected chi connectivity index (χ1v) is 8.80. The number of aromatic nitrogens is 2. The molecule has 0 unspecified atom stereocenters. The number of benzene rings is 2. The third-order valence-electron chi connectivity index (χ3n) is 4.15. The average molecular weight is 367 g/mol. The molecule has 27 heavy (non-hydrogen) atoms. The van der Waals surface area contributed by atoms with Gasteiger partial charge in [-0.25, -0.2) is 4.39 Å². The van der Waals surface area contributed by atoms with Gasteiger partial charge < -0.3 is 10.1 Å². The summed E-state index contributed by atoms with van der Waals surface area (Å²) in [4.78, 5) is 12.3. The number of halogens is 1. The summed E-state index contributed by atoms with van der Waals surface area (Å²) in [7, 11) is 1.82. The average Bonchev–Trinajstić information content (AvgIpc) is 3.05. The van der Waals surface area contributed by atoms with Crippen LogP contribution in [0.5, 0.6) is 5.75 Å². The van der Waals surface area contributed by atoms with Crippen molar-refractivity contribution in [3.63, 3.8) is 0 Å². The molecule has 0 aliphatic heterocycles. The first kappa shape index (κ1) is 18.6. The number of nitrogens with zero attached hydrogens (tertiary/aromatic N) is 2. The van der Waals surface area contributed by atoms with Crippen molar-refractivity contribution in [3.8, 4) is 17.0 Å². The molecular formula is C21H22FN3O2. The Kier molecular flexibility index (Phi) is 5.86. The third kappa shape index (κ3) is 4.94. The van der Waals surface area contributed by atoms with Gasteiger partial charge in [0.15, 0.2) is 5.69 Å². The van der Waals surface area contributed by atoms with E-state index in [4.69, 9.17) is 4.74 Å².